The predicted molar refractivity (Wildman–Crippen MR) is 128 cm³/mol. The topological polar surface area (TPSA) is 95.7 Å². The molecule has 2 aromatic rings. The highest BCUT2D eigenvalue weighted by Gasteiger charge is 2.32. The molecule has 31 heavy (non-hydrogen) atoms. The van der Waals surface area contributed by atoms with Gasteiger partial charge in [0, 0.05) is 57.4 Å². The SMILES string of the molecule is Nc1c(Br)cc(C(=O)CCC(=O)N2CCC(N3Cc4cscc4NC3=O)CC2)cc1Br. The van der Waals surface area contributed by atoms with Crippen molar-refractivity contribution in [1.82, 2.24) is 9.80 Å². The Bertz CT molecular complexity index is 1010. The highest BCUT2D eigenvalue weighted by atomic mass is 79.9. The number of nitrogen functional groups attached to an aromatic ring is 1. The van der Waals surface area contributed by atoms with E-state index in [0.29, 0.717) is 39.8 Å². The summed E-state index contributed by atoms with van der Waals surface area (Å²) in [7, 11) is 0. The van der Waals surface area contributed by atoms with Crippen molar-refractivity contribution < 1.29 is 14.4 Å². The number of nitrogens with one attached hydrogen (secondary N) is 1. The Hall–Kier alpha value is -1.91. The Morgan fingerprint density at radius 3 is 2.48 bits per heavy atom. The first-order valence-electron chi connectivity index (χ1n) is 10.0. The number of benzene rings is 1. The number of carbonyl (C=O) groups excluding carboxylic acids is 3. The van der Waals surface area contributed by atoms with E-state index in [1.54, 1.807) is 28.4 Å². The van der Waals surface area contributed by atoms with Gasteiger partial charge in [0.05, 0.1) is 17.9 Å². The van der Waals surface area contributed by atoms with Crippen LogP contribution < -0.4 is 11.1 Å². The first-order valence-corrected chi connectivity index (χ1v) is 12.5. The number of fused-ring (bicyclic) bond motifs is 1. The normalized spacial score (nSPS) is 16.8. The number of amides is 3. The number of thiophene rings is 1. The van der Waals surface area contributed by atoms with Gasteiger partial charge in [-0.3, -0.25) is 9.59 Å². The first kappa shape index (κ1) is 22.3. The maximum atomic E-state index is 12.6. The second-order valence-corrected chi connectivity index (χ2v) is 10.2. The van der Waals surface area contributed by atoms with Crippen molar-refractivity contribution in [3.05, 3.63) is 43.0 Å². The molecular weight excluding hydrogens is 548 g/mol. The van der Waals surface area contributed by atoms with E-state index in [-0.39, 0.29) is 36.6 Å². The van der Waals surface area contributed by atoms with Crippen LogP contribution in [-0.2, 0) is 11.3 Å². The third kappa shape index (κ3) is 4.80. The minimum absolute atomic E-state index is 0.0245. The number of rotatable bonds is 5. The number of hydrogen-bond donors (Lipinski definition) is 2. The Morgan fingerprint density at radius 1 is 1.13 bits per heavy atom. The third-order valence-electron chi connectivity index (χ3n) is 5.81. The van der Waals surface area contributed by atoms with E-state index in [9.17, 15) is 14.4 Å². The fraction of sp³-hybridized carbons (Fsp3) is 0.381. The highest BCUT2D eigenvalue weighted by Crippen LogP contribution is 2.31. The second kappa shape index (κ2) is 9.30. The van der Waals surface area contributed by atoms with Crippen molar-refractivity contribution in [3.8, 4) is 0 Å². The average Bonchev–Trinajstić information content (AvgIpc) is 3.22. The largest absolute Gasteiger partial charge is 0.397 e. The van der Waals surface area contributed by atoms with E-state index < -0.39 is 0 Å². The van der Waals surface area contributed by atoms with Crippen LogP contribution >= 0.6 is 43.2 Å². The lowest BCUT2D eigenvalue weighted by atomic mass is 10.0. The number of likely N-dealkylation sites (tertiary alicyclic amines) is 1. The number of hydrogen-bond acceptors (Lipinski definition) is 5. The van der Waals surface area contributed by atoms with Gasteiger partial charge in [0.1, 0.15) is 0 Å². The Kier molecular flexibility index (Phi) is 6.68. The number of carbonyl (C=O) groups is 3. The van der Waals surface area contributed by atoms with Gasteiger partial charge in [-0.25, -0.2) is 4.79 Å². The summed E-state index contributed by atoms with van der Waals surface area (Å²) in [5.41, 5.74) is 8.97. The minimum Gasteiger partial charge on any atom is -0.397 e. The molecule has 164 valence electrons. The van der Waals surface area contributed by atoms with Gasteiger partial charge in [-0.15, -0.1) is 11.3 Å². The molecule has 10 heteroatoms. The Morgan fingerprint density at radius 2 is 1.81 bits per heavy atom. The lowest BCUT2D eigenvalue weighted by molar-refractivity contribution is -0.132. The van der Waals surface area contributed by atoms with Crippen LogP contribution in [0.4, 0.5) is 16.2 Å². The summed E-state index contributed by atoms with van der Waals surface area (Å²) in [6.45, 7) is 1.80. The molecule has 1 saturated heterocycles. The summed E-state index contributed by atoms with van der Waals surface area (Å²) < 4.78 is 1.30. The zero-order chi connectivity index (χ0) is 22.1. The van der Waals surface area contributed by atoms with Crippen molar-refractivity contribution in [2.75, 3.05) is 24.1 Å². The zero-order valence-electron chi connectivity index (χ0n) is 16.7. The molecule has 0 aliphatic carbocycles. The maximum absolute atomic E-state index is 12.6. The lowest BCUT2D eigenvalue weighted by Gasteiger charge is -2.40. The summed E-state index contributed by atoms with van der Waals surface area (Å²) in [5.74, 6) is -0.121. The molecule has 0 atom stereocenters. The molecule has 2 aliphatic rings. The molecule has 0 spiro atoms. The van der Waals surface area contributed by atoms with Gasteiger partial charge in [-0.05, 0) is 62.2 Å². The molecule has 7 nitrogen and oxygen atoms in total. The van der Waals surface area contributed by atoms with E-state index in [1.165, 1.54) is 0 Å². The number of nitrogens with two attached hydrogens (primary N) is 1. The van der Waals surface area contributed by atoms with Gasteiger partial charge in [0.15, 0.2) is 5.78 Å². The Balaban J connectivity index is 1.28. The van der Waals surface area contributed by atoms with Gasteiger partial charge in [-0.2, -0.15) is 0 Å². The summed E-state index contributed by atoms with van der Waals surface area (Å²) in [6.07, 6.45) is 1.80. The molecule has 3 heterocycles. The monoisotopic (exact) mass is 568 g/mol. The van der Waals surface area contributed by atoms with Crippen molar-refractivity contribution >= 4 is 72.3 Å². The van der Waals surface area contributed by atoms with E-state index in [4.69, 9.17) is 5.73 Å². The van der Waals surface area contributed by atoms with E-state index in [0.717, 1.165) is 24.1 Å². The van der Waals surface area contributed by atoms with E-state index >= 15 is 0 Å². The molecule has 3 N–H and O–H groups in total. The molecule has 0 radical (unpaired) electrons. The summed E-state index contributed by atoms with van der Waals surface area (Å²) in [6, 6.07) is 3.41. The third-order valence-corrected chi connectivity index (χ3v) is 7.91. The van der Waals surface area contributed by atoms with E-state index in [1.807, 2.05) is 10.3 Å². The number of nitrogens with zero attached hydrogens (tertiary/aromatic N) is 2. The molecule has 2 aliphatic heterocycles. The summed E-state index contributed by atoms with van der Waals surface area (Å²) in [4.78, 5) is 41.3. The fourth-order valence-corrected chi connectivity index (χ4v) is 5.95. The van der Waals surface area contributed by atoms with Gasteiger partial charge in [0.2, 0.25) is 5.91 Å². The predicted octanol–water partition coefficient (Wildman–Crippen LogP) is 4.86. The molecule has 1 fully saturated rings. The Labute approximate surface area is 201 Å². The van der Waals surface area contributed by atoms with E-state index in [2.05, 4.69) is 42.6 Å². The van der Waals surface area contributed by atoms with Gasteiger partial charge in [-0.1, -0.05) is 0 Å². The second-order valence-electron chi connectivity index (χ2n) is 7.76. The summed E-state index contributed by atoms with van der Waals surface area (Å²) in [5, 5.41) is 6.96. The maximum Gasteiger partial charge on any atom is 0.322 e. The molecule has 3 amide bonds. The van der Waals surface area contributed by atoms with Crippen LogP contribution in [0.1, 0.15) is 41.6 Å². The van der Waals surface area contributed by atoms with Crippen LogP contribution in [0, 0.1) is 0 Å². The average molecular weight is 570 g/mol. The quantitative estimate of drug-likeness (QED) is 0.397. The lowest BCUT2D eigenvalue weighted by Crippen LogP contribution is -2.50. The molecule has 0 bridgehead atoms. The smallest absolute Gasteiger partial charge is 0.322 e. The van der Waals surface area contributed by atoms with Crippen LogP contribution in [0.5, 0.6) is 0 Å². The number of ketones is 1. The molecule has 0 unspecified atom stereocenters. The number of urea groups is 1. The minimum atomic E-state index is -0.0961. The molecule has 0 saturated carbocycles. The number of anilines is 2. The van der Waals surface area contributed by atoms with Crippen LogP contribution in [0.25, 0.3) is 0 Å². The molecule has 1 aromatic heterocycles. The number of Topliss-reactive ketones (excluding diaryl/α,β-unsaturated/α-hetero) is 1. The summed E-state index contributed by atoms with van der Waals surface area (Å²) >= 11 is 8.27. The van der Waals surface area contributed by atoms with Crippen LogP contribution in [0.15, 0.2) is 31.8 Å². The van der Waals surface area contributed by atoms with Gasteiger partial charge in [0.25, 0.3) is 0 Å². The molecular formula is C21H22Br2N4O3S. The first-order chi connectivity index (χ1) is 14.8. The van der Waals surface area contributed by atoms with Crippen LogP contribution in [0.2, 0.25) is 0 Å². The molecule has 4 rings (SSSR count). The van der Waals surface area contributed by atoms with Gasteiger partial charge >= 0.3 is 6.03 Å². The van der Waals surface area contributed by atoms with Crippen molar-refractivity contribution in [1.29, 1.82) is 0 Å². The van der Waals surface area contributed by atoms with Crippen LogP contribution in [0.3, 0.4) is 0 Å². The standard InChI is InChI=1S/C21H22Br2N4O3S/c22-15-7-12(8-16(23)20(15)24)18(28)1-2-19(29)26-5-3-14(4-6-26)27-9-13-10-31-11-17(13)25-21(27)30/h7-8,10-11,14H,1-6,9,24H2,(H,25,30). The zero-order valence-corrected chi connectivity index (χ0v) is 20.7. The van der Waals surface area contributed by atoms with Crippen molar-refractivity contribution in [2.24, 2.45) is 0 Å². The van der Waals surface area contributed by atoms with Crippen molar-refractivity contribution in [3.63, 3.8) is 0 Å². The van der Waals surface area contributed by atoms with Crippen LogP contribution in [-0.4, -0.2) is 46.7 Å². The molecule has 1 aromatic carbocycles. The van der Waals surface area contributed by atoms with Crippen molar-refractivity contribution in [2.45, 2.75) is 38.3 Å². The fourth-order valence-electron chi connectivity index (χ4n) is 3.99. The number of halogens is 2. The highest BCUT2D eigenvalue weighted by molar-refractivity contribution is 9.11. The van der Waals surface area contributed by atoms with Gasteiger partial charge < -0.3 is 20.9 Å². The number of piperidine rings is 1.